The zero-order chi connectivity index (χ0) is 32.6. The Morgan fingerprint density at radius 3 is 2.15 bits per heavy atom. The monoisotopic (exact) mass is 637 g/mol. The molecule has 47 heavy (non-hydrogen) atoms. The Bertz CT molecular complexity index is 1570. The highest BCUT2D eigenvalue weighted by Crippen LogP contribution is 2.42. The third-order valence-electron chi connectivity index (χ3n) is 8.93. The molecule has 0 aromatic heterocycles. The number of likely N-dealkylation sites (tertiary alicyclic amines) is 1. The molecule has 2 fully saturated rings. The van der Waals surface area contributed by atoms with Gasteiger partial charge in [0.15, 0.2) is 6.29 Å². The quantitative estimate of drug-likeness (QED) is 0.156. The fourth-order valence-corrected chi connectivity index (χ4v) is 6.32. The van der Waals surface area contributed by atoms with E-state index in [0.717, 1.165) is 48.4 Å². The molecule has 3 N–H and O–H groups in total. The second-order valence-corrected chi connectivity index (χ2v) is 12.2. The molecule has 2 amide bonds. The summed E-state index contributed by atoms with van der Waals surface area (Å²) in [7, 11) is 1.76. The van der Waals surface area contributed by atoms with Crippen LogP contribution in [-0.2, 0) is 20.8 Å². The van der Waals surface area contributed by atoms with Crippen LogP contribution in [0.5, 0.6) is 11.5 Å². The van der Waals surface area contributed by atoms with Crippen LogP contribution in [0.15, 0.2) is 103 Å². The molecule has 6 rings (SSSR count). The van der Waals surface area contributed by atoms with Crippen molar-refractivity contribution in [3.8, 4) is 11.5 Å². The molecule has 0 saturated carbocycles. The Labute approximate surface area is 276 Å². The number of hydrogen-bond donors (Lipinski definition) is 3. The van der Waals surface area contributed by atoms with E-state index in [4.69, 9.17) is 18.9 Å². The van der Waals surface area contributed by atoms with Gasteiger partial charge in [0.1, 0.15) is 11.5 Å². The van der Waals surface area contributed by atoms with Gasteiger partial charge < -0.3 is 34.7 Å². The number of nitrogens with zero attached hydrogens (tertiary/aromatic N) is 1. The molecular formula is C38H43N3O6. The summed E-state index contributed by atoms with van der Waals surface area (Å²) in [6.07, 6.45) is 1.43. The number of urea groups is 1. The first-order valence-corrected chi connectivity index (χ1v) is 16.2. The van der Waals surface area contributed by atoms with E-state index in [9.17, 15) is 9.90 Å². The highest BCUT2D eigenvalue weighted by atomic mass is 16.7. The Hall–Kier alpha value is -4.25. The minimum absolute atomic E-state index is 0.0000309. The van der Waals surface area contributed by atoms with Crippen LogP contribution in [0, 0.1) is 5.92 Å². The normalized spacial score (nSPS) is 22.9. The van der Waals surface area contributed by atoms with Gasteiger partial charge in [-0.1, -0.05) is 61.5 Å². The van der Waals surface area contributed by atoms with Crippen LogP contribution in [0.3, 0.4) is 0 Å². The molecule has 4 aromatic rings. The lowest BCUT2D eigenvalue weighted by Gasteiger charge is -2.43. The molecule has 5 unspecified atom stereocenters. The summed E-state index contributed by atoms with van der Waals surface area (Å²) in [6, 6.07) is 32.3. The first-order chi connectivity index (χ1) is 23.0. The highest BCUT2D eigenvalue weighted by molar-refractivity contribution is 5.99. The van der Waals surface area contributed by atoms with Crippen molar-refractivity contribution in [2.75, 3.05) is 37.4 Å². The maximum atomic E-state index is 12.8. The number of carbonyl (C=O) groups is 1. The molecule has 5 atom stereocenters. The Morgan fingerprint density at radius 2 is 1.49 bits per heavy atom. The van der Waals surface area contributed by atoms with Gasteiger partial charge in [0.05, 0.1) is 25.4 Å². The Balaban J connectivity index is 1.11. The van der Waals surface area contributed by atoms with Gasteiger partial charge >= 0.3 is 6.03 Å². The number of aliphatic hydroxyl groups excluding tert-OH is 1. The van der Waals surface area contributed by atoms with E-state index in [2.05, 4.69) is 22.5 Å². The molecule has 0 bridgehead atoms. The van der Waals surface area contributed by atoms with Crippen molar-refractivity contribution >= 4 is 17.4 Å². The topological polar surface area (TPSA) is 102 Å². The van der Waals surface area contributed by atoms with Crippen molar-refractivity contribution < 1.29 is 28.8 Å². The molecule has 0 spiro atoms. The van der Waals surface area contributed by atoms with Gasteiger partial charge in [-0.3, -0.25) is 4.90 Å². The van der Waals surface area contributed by atoms with Gasteiger partial charge in [0, 0.05) is 42.6 Å². The molecular weight excluding hydrogens is 594 g/mol. The van der Waals surface area contributed by atoms with Crippen LogP contribution < -0.4 is 15.4 Å². The molecule has 0 radical (unpaired) electrons. The molecule has 2 aliphatic heterocycles. The first kappa shape index (κ1) is 32.7. The van der Waals surface area contributed by atoms with Crippen molar-refractivity contribution in [3.05, 3.63) is 120 Å². The molecule has 2 heterocycles. The zero-order valence-electron chi connectivity index (χ0n) is 26.9. The summed E-state index contributed by atoms with van der Waals surface area (Å²) in [6.45, 7) is 4.71. The maximum absolute atomic E-state index is 12.8. The lowest BCUT2D eigenvalue weighted by Crippen LogP contribution is -2.46. The SMILES string of the molecule is COCC1CCCN1CC1OC(c2ccc(NC(=O)Nc3ccc(Oc4ccccc4)cc3)cc2)OC(c2ccc(CO)cc2)C1C. The van der Waals surface area contributed by atoms with Crippen LogP contribution in [0.4, 0.5) is 16.2 Å². The molecule has 9 nitrogen and oxygen atoms in total. The minimum atomic E-state index is -0.582. The largest absolute Gasteiger partial charge is 0.457 e. The average Bonchev–Trinajstić information content (AvgIpc) is 3.54. The number of carbonyl (C=O) groups excluding carboxylic acids is 1. The van der Waals surface area contributed by atoms with Gasteiger partial charge in [-0.05, 0) is 79.0 Å². The third-order valence-corrected chi connectivity index (χ3v) is 8.93. The summed E-state index contributed by atoms with van der Waals surface area (Å²) >= 11 is 0. The Kier molecular flexibility index (Phi) is 10.8. The first-order valence-electron chi connectivity index (χ1n) is 16.2. The van der Waals surface area contributed by atoms with E-state index < -0.39 is 6.29 Å². The standard InChI is InChI=1S/C38H43N3O6/c1-26-35(23-41-22-6-7-32(41)25-44-2)46-37(47-36(26)28-12-10-27(24-42)11-13-28)29-14-16-30(17-15-29)39-38(43)40-31-18-20-34(21-19-31)45-33-8-4-3-5-9-33/h3-5,8-21,26,32,35-37,42H,6-7,22-25H2,1-2H3,(H2,39,40,43). The lowest BCUT2D eigenvalue weighted by atomic mass is 9.90. The van der Waals surface area contributed by atoms with E-state index in [1.165, 1.54) is 0 Å². The molecule has 9 heteroatoms. The zero-order valence-corrected chi connectivity index (χ0v) is 26.9. The predicted octanol–water partition coefficient (Wildman–Crippen LogP) is 7.52. The van der Waals surface area contributed by atoms with Gasteiger partial charge in [0.25, 0.3) is 0 Å². The summed E-state index contributed by atoms with van der Waals surface area (Å²) in [5.41, 5.74) is 4.08. The summed E-state index contributed by atoms with van der Waals surface area (Å²) < 4.78 is 24.6. The van der Waals surface area contributed by atoms with Crippen molar-refractivity contribution in [2.24, 2.45) is 5.92 Å². The summed E-state index contributed by atoms with van der Waals surface area (Å²) in [4.78, 5) is 15.3. The number of ether oxygens (including phenoxy) is 4. The number of rotatable bonds is 11. The van der Waals surface area contributed by atoms with Crippen molar-refractivity contribution in [3.63, 3.8) is 0 Å². The lowest BCUT2D eigenvalue weighted by molar-refractivity contribution is -0.276. The van der Waals surface area contributed by atoms with Gasteiger partial charge in [-0.15, -0.1) is 0 Å². The fourth-order valence-electron chi connectivity index (χ4n) is 6.32. The number of anilines is 2. The highest BCUT2D eigenvalue weighted by Gasteiger charge is 2.40. The fraction of sp³-hybridized carbons (Fsp3) is 0.342. The number of para-hydroxylation sites is 1. The van der Waals surface area contributed by atoms with Crippen LogP contribution in [0.25, 0.3) is 0 Å². The average molecular weight is 638 g/mol. The van der Waals surface area contributed by atoms with Gasteiger partial charge in [0.2, 0.25) is 0 Å². The van der Waals surface area contributed by atoms with Crippen molar-refractivity contribution in [1.82, 2.24) is 4.90 Å². The molecule has 246 valence electrons. The second-order valence-electron chi connectivity index (χ2n) is 12.2. The minimum Gasteiger partial charge on any atom is -0.457 e. The smallest absolute Gasteiger partial charge is 0.323 e. The predicted molar refractivity (Wildman–Crippen MR) is 181 cm³/mol. The number of nitrogens with one attached hydrogen (secondary N) is 2. The van der Waals surface area contributed by atoms with Crippen LogP contribution >= 0.6 is 0 Å². The molecule has 0 aliphatic carbocycles. The maximum Gasteiger partial charge on any atom is 0.323 e. The van der Waals surface area contributed by atoms with E-state index in [1.54, 1.807) is 19.2 Å². The van der Waals surface area contributed by atoms with Gasteiger partial charge in [-0.2, -0.15) is 0 Å². The van der Waals surface area contributed by atoms with Crippen molar-refractivity contribution in [2.45, 2.75) is 50.9 Å². The third kappa shape index (κ3) is 8.38. The van der Waals surface area contributed by atoms with Crippen LogP contribution in [0.2, 0.25) is 0 Å². The van der Waals surface area contributed by atoms with E-state index in [0.29, 0.717) is 29.8 Å². The number of aliphatic hydroxyl groups is 1. The molecule has 2 aliphatic rings. The van der Waals surface area contributed by atoms with E-state index in [1.807, 2.05) is 91.0 Å². The number of benzene rings is 4. The molecule has 2 saturated heterocycles. The molecule has 4 aromatic carbocycles. The van der Waals surface area contributed by atoms with E-state index >= 15 is 0 Å². The number of amides is 2. The van der Waals surface area contributed by atoms with E-state index in [-0.39, 0.29) is 30.8 Å². The Morgan fingerprint density at radius 1 is 0.851 bits per heavy atom. The summed E-state index contributed by atoms with van der Waals surface area (Å²) in [5.74, 6) is 1.53. The summed E-state index contributed by atoms with van der Waals surface area (Å²) in [5, 5.41) is 15.3. The number of hydrogen-bond acceptors (Lipinski definition) is 7. The second kappa shape index (κ2) is 15.6. The van der Waals surface area contributed by atoms with Crippen molar-refractivity contribution in [1.29, 1.82) is 0 Å². The van der Waals surface area contributed by atoms with Crippen LogP contribution in [-0.4, -0.2) is 55.0 Å². The number of methoxy groups -OCH3 is 1. The van der Waals surface area contributed by atoms with Gasteiger partial charge in [-0.25, -0.2) is 4.79 Å². The van der Waals surface area contributed by atoms with Crippen LogP contribution in [0.1, 0.15) is 48.8 Å².